The Kier molecular flexibility index (Phi) is 4.74. The number of nitrogens with one attached hydrogen (secondary N) is 2. The van der Waals surface area contributed by atoms with Crippen molar-refractivity contribution in [1.82, 2.24) is 19.9 Å². The summed E-state index contributed by atoms with van der Waals surface area (Å²) in [6, 6.07) is 15.9. The highest BCUT2D eigenvalue weighted by Gasteiger charge is 2.35. The quantitative estimate of drug-likeness (QED) is 0.314. The maximum absolute atomic E-state index is 13.4. The van der Waals surface area contributed by atoms with Gasteiger partial charge in [0.2, 0.25) is 0 Å². The zero-order valence-electron chi connectivity index (χ0n) is 16.8. The van der Waals surface area contributed by atoms with Gasteiger partial charge in [0.15, 0.2) is 0 Å². The fraction of sp³-hybridized carbons (Fsp3) is 0.0417. The molecule has 0 spiro atoms. The van der Waals surface area contributed by atoms with Crippen molar-refractivity contribution in [2.75, 3.05) is 0 Å². The molecule has 3 aromatic heterocycles. The molecule has 33 heavy (non-hydrogen) atoms. The fourth-order valence-corrected chi connectivity index (χ4v) is 3.80. The van der Waals surface area contributed by atoms with E-state index >= 15 is 0 Å². The van der Waals surface area contributed by atoms with Gasteiger partial charge in [0.25, 0.3) is 0 Å². The van der Waals surface area contributed by atoms with E-state index in [4.69, 9.17) is 0 Å². The highest BCUT2D eigenvalue weighted by molar-refractivity contribution is 5.97. The van der Waals surface area contributed by atoms with Gasteiger partial charge in [-0.25, -0.2) is 14.8 Å². The Morgan fingerprint density at radius 3 is 2.48 bits per heavy atom. The zero-order chi connectivity index (χ0) is 23.2. The zero-order valence-corrected chi connectivity index (χ0v) is 16.8. The van der Waals surface area contributed by atoms with Gasteiger partial charge in [0.1, 0.15) is 11.5 Å². The largest absolute Gasteiger partial charge is 0.478 e. The average Bonchev–Trinajstić information content (AvgIpc) is 3.46. The minimum atomic E-state index is -4.79. The number of rotatable bonds is 4. The van der Waals surface area contributed by atoms with Crippen LogP contribution in [0, 0.1) is 0 Å². The second-order valence-corrected chi connectivity index (χ2v) is 7.34. The Morgan fingerprint density at radius 1 is 0.970 bits per heavy atom. The van der Waals surface area contributed by atoms with E-state index in [0.717, 1.165) is 28.6 Å². The molecule has 5 rings (SSSR count). The van der Waals surface area contributed by atoms with Crippen LogP contribution in [0.1, 0.15) is 15.9 Å². The van der Waals surface area contributed by atoms with Crippen molar-refractivity contribution in [2.45, 2.75) is 6.18 Å². The minimum absolute atomic E-state index is 0.245. The van der Waals surface area contributed by atoms with Gasteiger partial charge in [-0.05, 0) is 24.3 Å². The lowest BCUT2D eigenvalue weighted by Crippen LogP contribution is -2.13. The molecule has 0 radical (unpaired) electrons. The summed E-state index contributed by atoms with van der Waals surface area (Å²) in [7, 11) is 0. The van der Waals surface area contributed by atoms with Crippen LogP contribution in [-0.4, -0.2) is 31.0 Å². The number of nitrogens with zero attached hydrogens (tertiary/aromatic N) is 2. The summed E-state index contributed by atoms with van der Waals surface area (Å²) in [5, 5.41) is 10.2. The number of fused-ring (bicyclic) bond motifs is 1. The van der Waals surface area contributed by atoms with Crippen molar-refractivity contribution >= 4 is 17.0 Å². The van der Waals surface area contributed by atoms with Crippen LogP contribution in [0.25, 0.3) is 44.9 Å². The third-order valence-electron chi connectivity index (χ3n) is 5.31. The van der Waals surface area contributed by atoms with Gasteiger partial charge >= 0.3 is 12.1 Å². The van der Waals surface area contributed by atoms with E-state index in [0.29, 0.717) is 22.9 Å². The average molecular weight is 448 g/mol. The molecule has 0 fully saturated rings. The van der Waals surface area contributed by atoms with Gasteiger partial charge in [-0.1, -0.05) is 36.4 Å². The molecule has 0 bridgehead atoms. The summed E-state index contributed by atoms with van der Waals surface area (Å²) < 4.78 is 40.1. The molecule has 6 nitrogen and oxygen atoms in total. The maximum Gasteiger partial charge on any atom is 0.417 e. The number of alkyl halides is 3. The molecule has 2 aromatic carbocycles. The molecular weight excluding hydrogens is 433 g/mol. The maximum atomic E-state index is 13.4. The number of H-pyrrole nitrogens is 2. The number of hydrogen-bond acceptors (Lipinski definition) is 3. The predicted molar refractivity (Wildman–Crippen MR) is 117 cm³/mol. The first-order valence-electron chi connectivity index (χ1n) is 9.86. The van der Waals surface area contributed by atoms with Crippen molar-refractivity contribution in [2.24, 2.45) is 0 Å². The highest BCUT2D eigenvalue weighted by Crippen LogP contribution is 2.39. The number of carboxylic acid groups (broad SMARTS) is 1. The van der Waals surface area contributed by atoms with E-state index in [1.165, 1.54) is 6.07 Å². The number of aromatic nitrogens is 4. The third kappa shape index (κ3) is 3.63. The van der Waals surface area contributed by atoms with Crippen LogP contribution in [0.5, 0.6) is 0 Å². The van der Waals surface area contributed by atoms with Crippen molar-refractivity contribution in [3.63, 3.8) is 0 Å². The fourth-order valence-electron chi connectivity index (χ4n) is 3.80. The molecule has 0 atom stereocenters. The first-order valence-corrected chi connectivity index (χ1v) is 9.86. The lowest BCUT2D eigenvalue weighted by Gasteiger charge is -2.12. The van der Waals surface area contributed by atoms with Crippen molar-refractivity contribution in [3.05, 3.63) is 84.2 Å². The van der Waals surface area contributed by atoms with E-state index < -0.39 is 23.3 Å². The Balaban J connectivity index is 1.77. The Labute approximate surface area is 184 Å². The van der Waals surface area contributed by atoms with Gasteiger partial charge in [-0.2, -0.15) is 13.2 Å². The standard InChI is InChI=1S/C24H15F3N4O2/c25-24(26,27)18-7-6-14(12-17(18)23(32)33)19-20(15-8-10-28-22-16(15)9-11-29-22)31-21(30-19)13-4-2-1-3-5-13/h1-12H,(H,28,29)(H,30,31)(H,32,33). The summed E-state index contributed by atoms with van der Waals surface area (Å²) in [4.78, 5) is 26.9. The smallest absolute Gasteiger partial charge is 0.417 e. The SMILES string of the molecule is O=C(O)c1cc(-c2nc(-c3ccccc3)[nH]c2-c2ccnc3[nH]ccc23)ccc1C(F)(F)F. The Hall–Kier alpha value is -4.40. The van der Waals surface area contributed by atoms with Crippen LogP contribution in [-0.2, 0) is 6.18 Å². The predicted octanol–water partition coefficient (Wildman–Crippen LogP) is 6.00. The minimum Gasteiger partial charge on any atom is -0.478 e. The molecule has 0 saturated carbocycles. The highest BCUT2D eigenvalue weighted by atomic mass is 19.4. The molecule has 3 N–H and O–H groups in total. The number of hydrogen-bond donors (Lipinski definition) is 3. The number of halogens is 3. The summed E-state index contributed by atoms with van der Waals surface area (Å²) in [5.74, 6) is -1.17. The molecule has 164 valence electrons. The second kappa shape index (κ2) is 7.63. The van der Waals surface area contributed by atoms with Crippen LogP contribution >= 0.6 is 0 Å². The third-order valence-corrected chi connectivity index (χ3v) is 5.31. The van der Waals surface area contributed by atoms with E-state index in [9.17, 15) is 23.1 Å². The molecule has 0 amide bonds. The number of aromatic amines is 2. The summed E-state index contributed by atoms with van der Waals surface area (Å²) in [6.07, 6.45) is -1.45. The molecule has 0 aliphatic carbocycles. The topological polar surface area (TPSA) is 94.7 Å². The number of aromatic carboxylic acids is 1. The van der Waals surface area contributed by atoms with Crippen LogP contribution in [0.4, 0.5) is 13.2 Å². The molecule has 0 aliphatic rings. The lowest BCUT2D eigenvalue weighted by atomic mass is 9.98. The van der Waals surface area contributed by atoms with E-state index in [-0.39, 0.29) is 5.56 Å². The van der Waals surface area contributed by atoms with Crippen molar-refractivity contribution in [1.29, 1.82) is 0 Å². The van der Waals surface area contributed by atoms with Crippen LogP contribution in [0.2, 0.25) is 0 Å². The molecule has 9 heteroatoms. The molecular formula is C24H15F3N4O2. The van der Waals surface area contributed by atoms with Gasteiger partial charge < -0.3 is 15.1 Å². The normalized spacial score (nSPS) is 11.7. The first-order chi connectivity index (χ1) is 15.8. The van der Waals surface area contributed by atoms with Crippen LogP contribution in [0.15, 0.2) is 73.1 Å². The first kappa shape index (κ1) is 20.5. The summed E-state index contributed by atoms with van der Waals surface area (Å²) in [6.45, 7) is 0. The number of pyridine rings is 1. The second-order valence-electron chi connectivity index (χ2n) is 7.34. The summed E-state index contributed by atoms with van der Waals surface area (Å²) in [5.41, 5.74) is 1.20. The van der Waals surface area contributed by atoms with Gasteiger partial charge in [0.05, 0.1) is 22.5 Å². The van der Waals surface area contributed by atoms with E-state index in [1.807, 2.05) is 36.4 Å². The molecule has 0 saturated heterocycles. The van der Waals surface area contributed by atoms with Gasteiger partial charge in [-0.3, -0.25) is 0 Å². The molecule has 3 heterocycles. The van der Waals surface area contributed by atoms with Gasteiger partial charge in [0, 0.05) is 34.5 Å². The molecule has 0 aliphatic heterocycles. The Morgan fingerprint density at radius 2 is 1.76 bits per heavy atom. The van der Waals surface area contributed by atoms with Crippen LogP contribution < -0.4 is 0 Å². The lowest BCUT2D eigenvalue weighted by molar-refractivity contribution is -0.138. The number of imidazole rings is 1. The van der Waals surface area contributed by atoms with E-state index in [2.05, 4.69) is 19.9 Å². The van der Waals surface area contributed by atoms with E-state index in [1.54, 1.807) is 18.5 Å². The summed E-state index contributed by atoms with van der Waals surface area (Å²) >= 11 is 0. The monoisotopic (exact) mass is 448 g/mol. The number of carboxylic acids is 1. The van der Waals surface area contributed by atoms with Gasteiger partial charge in [-0.15, -0.1) is 0 Å². The number of benzene rings is 2. The van der Waals surface area contributed by atoms with Crippen molar-refractivity contribution < 1.29 is 23.1 Å². The van der Waals surface area contributed by atoms with Crippen molar-refractivity contribution in [3.8, 4) is 33.9 Å². The number of carbonyl (C=O) groups is 1. The molecule has 5 aromatic rings. The molecule has 0 unspecified atom stereocenters. The Bertz CT molecular complexity index is 1490. The van der Waals surface area contributed by atoms with Crippen LogP contribution in [0.3, 0.4) is 0 Å².